The van der Waals surface area contributed by atoms with E-state index in [9.17, 15) is 15.3 Å². The maximum Gasteiger partial charge on any atom is 0.126 e. The minimum absolute atomic E-state index is 0.113. The molecular formula is C18H20O5. The molecule has 0 aliphatic rings. The van der Waals surface area contributed by atoms with Gasteiger partial charge in [-0.2, -0.15) is 0 Å². The highest BCUT2D eigenvalue weighted by Crippen LogP contribution is 2.28. The Balaban J connectivity index is 2.36. The molecule has 0 atom stereocenters. The maximum atomic E-state index is 9.96. The Hall–Kier alpha value is -2.50. The van der Waals surface area contributed by atoms with E-state index in [1.165, 1.54) is 20.3 Å². The van der Waals surface area contributed by atoms with Crippen LogP contribution in [0.2, 0.25) is 0 Å². The lowest BCUT2D eigenvalue weighted by molar-refractivity contribution is 0.254. The van der Waals surface area contributed by atoms with Crippen molar-refractivity contribution < 1.29 is 24.8 Å². The fraction of sp³-hybridized carbons (Fsp3) is 0.222. The normalized spacial score (nSPS) is 11.0. The Morgan fingerprint density at radius 1 is 0.957 bits per heavy atom. The summed E-state index contributed by atoms with van der Waals surface area (Å²) >= 11 is 0. The van der Waals surface area contributed by atoms with E-state index in [4.69, 9.17) is 9.47 Å². The largest absolute Gasteiger partial charge is 0.507 e. The number of methoxy groups -OCH3 is 2. The fourth-order valence-corrected chi connectivity index (χ4v) is 2.30. The van der Waals surface area contributed by atoms with Crippen LogP contribution in [0.15, 0.2) is 30.3 Å². The molecule has 2 aromatic rings. The minimum Gasteiger partial charge on any atom is -0.507 e. The molecule has 0 aromatic heterocycles. The molecule has 5 heteroatoms. The van der Waals surface area contributed by atoms with Gasteiger partial charge in [0, 0.05) is 17.2 Å². The van der Waals surface area contributed by atoms with Crippen molar-refractivity contribution in [2.45, 2.75) is 13.2 Å². The van der Waals surface area contributed by atoms with Gasteiger partial charge in [0.2, 0.25) is 0 Å². The number of aromatic hydroxyl groups is 1. The van der Waals surface area contributed by atoms with Gasteiger partial charge in [-0.1, -0.05) is 12.2 Å². The average molecular weight is 316 g/mol. The zero-order valence-corrected chi connectivity index (χ0v) is 13.1. The van der Waals surface area contributed by atoms with Crippen LogP contribution in [0.25, 0.3) is 12.2 Å². The first-order valence-electron chi connectivity index (χ1n) is 7.09. The summed E-state index contributed by atoms with van der Waals surface area (Å²) in [6.07, 6.45) is 3.55. The van der Waals surface area contributed by atoms with Gasteiger partial charge in [0.15, 0.2) is 0 Å². The van der Waals surface area contributed by atoms with Crippen LogP contribution in [-0.2, 0) is 13.2 Å². The zero-order chi connectivity index (χ0) is 16.8. The summed E-state index contributed by atoms with van der Waals surface area (Å²) in [5, 5.41) is 28.8. The highest BCUT2D eigenvalue weighted by molar-refractivity contribution is 5.74. The predicted octanol–water partition coefficient (Wildman–Crippen LogP) is 2.56. The average Bonchev–Trinajstić information content (AvgIpc) is 2.59. The van der Waals surface area contributed by atoms with E-state index in [2.05, 4.69) is 0 Å². The Morgan fingerprint density at radius 3 is 2.30 bits per heavy atom. The van der Waals surface area contributed by atoms with Crippen LogP contribution >= 0.6 is 0 Å². The quantitative estimate of drug-likeness (QED) is 0.714. The van der Waals surface area contributed by atoms with E-state index in [0.29, 0.717) is 28.2 Å². The summed E-state index contributed by atoms with van der Waals surface area (Å²) in [5.74, 6) is 1.20. The summed E-state index contributed by atoms with van der Waals surface area (Å²) in [6, 6.07) is 8.58. The molecule has 2 rings (SSSR count). The van der Waals surface area contributed by atoms with Crippen molar-refractivity contribution in [3.05, 3.63) is 52.6 Å². The number of rotatable bonds is 6. The fourth-order valence-electron chi connectivity index (χ4n) is 2.30. The lowest BCUT2D eigenvalue weighted by Gasteiger charge is -2.12. The van der Waals surface area contributed by atoms with Crippen LogP contribution in [0.4, 0.5) is 0 Å². The van der Waals surface area contributed by atoms with Crippen LogP contribution in [0, 0.1) is 0 Å². The Morgan fingerprint density at radius 2 is 1.74 bits per heavy atom. The van der Waals surface area contributed by atoms with Gasteiger partial charge < -0.3 is 24.8 Å². The third kappa shape index (κ3) is 3.83. The van der Waals surface area contributed by atoms with Gasteiger partial charge in [-0.3, -0.25) is 0 Å². The van der Waals surface area contributed by atoms with Gasteiger partial charge in [0.25, 0.3) is 0 Å². The van der Waals surface area contributed by atoms with Gasteiger partial charge in [-0.15, -0.1) is 0 Å². The first kappa shape index (κ1) is 16.9. The van der Waals surface area contributed by atoms with Gasteiger partial charge in [-0.05, 0) is 35.4 Å². The van der Waals surface area contributed by atoms with E-state index in [1.807, 2.05) is 0 Å². The SMILES string of the molecule is COc1ccc(/C=C\c2cc(CO)c(CO)c(OC)c2)c(O)c1. The topological polar surface area (TPSA) is 79.2 Å². The Bertz CT molecular complexity index is 682. The van der Waals surface area contributed by atoms with E-state index < -0.39 is 0 Å². The number of hydrogen-bond acceptors (Lipinski definition) is 5. The van der Waals surface area contributed by atoms with Gasteiger partial charge in [0.1, 0.15) is 17.2 Å². The summed E-state index contributed by atoms with van der Waals surface area (Å²) in [7, 11) is 3.05. The molecule has 0 spiro atoms. The number of ether oxygens (including phenoxy) is 2. The first-order valence-corrected chi connectivity index (χ1v) is 7.09. The number of aliphatic hydroxyl groups excluding tert-OH is 2. The molecule has 2 aromatic carbocycles. The zero-order valence-electron chi connectivity index (χ0n) is 13.1. The van der Waals surface area contributed by atoms with Crippen LogP contribution in [0.3, 0.4) is 0 Å². The molecule has 0 bridgehead atoms. The second kappa shape index (κ2) is 7.67. The number of benzene rings is 2. The highest BCUT2D eigenvalue weighted by Gasteiger charge is 2.09. The molecule has 5 nitrogen and oxygen atoms in total. The summed E-state index contributed by atoms with van der Waals surface area (Å²) in [4.78, 5) is 0. The van der Waals surface area contributed by atoms with Crippen LogP contribution in [-0.4, -0.2) is 29.5 Å². The third-order valence-electron chi connectivity index (χ3n) is 3.57. The lowest BCUT2D eigenvalue weighted by Crippen LogP contribution is -1.99. The monoisotopic (exact) mass is 316 g/mol. The third-order valence-corrected chi connectivity index (χ3v) is 3.57. The van der Waals surface area contributed by atoms with Crippen molar-refractivity contribution in [2.24, 2.45) is 0 Å². The van der Waals surface area contributed by atoms with Crippen LogP contribution < -0.4 is 9.47 Å². The van der Waals surface area contributed by atoms with Crippen LogP contribution in [0.5, 0.6) is 17.2 Å². The van der Waals surface area contributed by atoms with Crippen molar-refractivity contribution in [1.82, 2.24) is 0 Å². The van der Waals surface area contributed by atoms with E-state index >= 15 is 0 Å². The molecule has 0 aliphatic heterocycles. The molecule has 23 heavy (non-hydrogen) atoms. The van der Waals surface area contributed by atoms with Gasteiger partial charge >= 0.3 is 0 Å². The first-order chi connectivity index (χ1) is 11.1. The standard InChI is InChI=1S/C18H20O5/c1-22-15-6-5-13(17(21)9-15)4-3-12-7-14(10-19)16(11-20)18(8-12)23-2/h3-9,19-21H,10-11H2,1-2H3/b4-3-. The molecule has 0 amide bonds. The van der Waals surface area contributed by atoms with Crippen molar-refractivity contribution in [3.63, 3.8) is 0 Å². The molecule has 3 N–H and O–H groups in total. The predicted molar refractivity (Wildman–Crippen MR) is 88.4 cm³/mol. The summed E-state index contributed by atoms with van der Waals surface area (Å²) in [5.41, 5.74) is 2.60. The van der Waals surface area contributed by atoms with Crippen molar-refractivity contribution in [2.75, 3.05) is 14.2 Å². The number of phenolic OH excluding ortho intramolecular Hbond substituents is 1. The smallest absolute Gasteiger partial charge is 0.126 e. The molecule has 0 heterocycles. The molecule has 0 fully saturated rings. The maximum absolute atomic E-state index is 9.96. The molecular weight excluding hydrogens is 296 g/mol. The molecule has 0 aliphatic carbocycles. The minimum atomic E-state index is -0.206. The van der Waals surface area contributed by atoms with Crippen molar-refractivity contribution >= 4 is 12.2 Å². The molecule has 0 saturated heterocycles. The summed E-state index contributed by atoms with van der Waals surface area (Å²) < 4.78 is 10.3. The summed E-state index contributed by atoms with van der Waals surface area (Å²) in [6.45, 7) is -0.399. The van der Waals surface area contributed by atoms with Gasteiger partial charge in [-0.25, -0.2) is 0 Å². The van der Waals surface area contributed by atoms with E-state index in [1.54, 1.807) is 36.4 Å². The molecule has 0 radical (unpaired) electrons. The van der Waals surface area contributed by atoms with Crippen molar-refractivity contribution in [3.8, 4) is 17.2 Å². The Labute approximate surface area is 135 Å². The van der Waals surface area contributed by atoms with Crippen LogP contribution in [0.1, 0.15) is 22.3 Å². The van der Waals surface area contributed by atoms with E-state index in [0.717, 1.165) is 5.56 Å². The van der Waals surface area contributed by atoms with Gasteiger partial charge in [0.05, 0.1) is 27.4 Å². The molecule has 0 unspecified atom stereocenters. The van der Waals surface area contributed by atoms with E-state index in [-0.39, 0.29) is 19.0 Å². The molecule has 122 valence electrons. The molecule has 0 saturated carbocycles. The number of aliphatic hydroxyl groups is 2. The number of hydrogen-bond donors (Lipinski definition) is 3. The second-order valence-corrected chi connectivity index (χ2v) is 4.94. The number of phenols is 1. The lowest BCUT2D eigenvalue weighted by atomic mass is 10.0. The Kier molecular flexibility index (Phi) is 5.62. The second-order valence-electron chi connectivity index (χ2n) is 4.94. The van der Waals surface area contributed by atoms with Crippen molar-refractivity contribution in [1.29, 1.82) is 0 Å². The highest BCUT2D eigenvalue weighted by atomic mass is 16.5.